The molecule has 7 nitrogen and oxygen atoms in total. The summed E-state index contributed by atoms with van der Waals surface area (Å²) in [7, 11) is 0. The molecular formula is C20H22ClN3O4. The Labute approximate surface area is 168 Å². The Hall–Kier alpha value is -2.67. The van der Waals surface area contributed by atoms with Gasteiger partial charge in [0.25, 0.3) is 5.91 Å². The molecule has 1 fully saturated rings. The molecule has 0 aliphatic carbocycles. The number of pyridine rings is 1. The molecule has 1 N–H and O–H groups in total. The molecule has 1 saturated heterocycles. The number of urea groups is 1. The Morgan fingerprint density at radius 2 is 2.07 bits per heavy atom. The lowest BCUT2D eigenvalue weighted by atomic mass is 9.95. The number of nitrogens with one attached hydrogen (secondary N) is 1. The van der Waals surface area contributed by atoms with E-state index in [2.05, 4.69) is 10.3 Å². The highest BCUT2D eigenvalue weighted by molar-refractivity contribution is 6.30. The first kappa shape index (κ1) is 20.1. The Morgan fingerprint density at radius 3 is 2.82 bits per heavy atom. The Balaban J connectivity index is 1.62. The van der Waals surface area contributed by atoms with Gasteiger partial charge in [0.1, 0.15) is 23.8 Å². The van der Waals surface area contributed by atoms with Gasteiger partial charge in [-0.25, -0.2) is 9.78 Å². The molecule has 1 aliphatic heterocycles. The van der Waals surface area contributed by atoms with Crippen LogP contribution in [0.25, 0.3) is 10.9 Å². The lowest BCUT2D eigenvalue weighted by Gasteiger charge is -2.21. The molecule has 2 aromatic rings. The number of aromatic nitrogens is 1. The first-order valence-electron chi connectivity index (χ1n) is 9.18. The predicted octanol–water partition coefficient (Wildman–Crippen LogP) is 3.43. The monoisotopic (exact) mass is 403 g/mol. The highest BCUT2D eigenvalue weighted by Crippen LogP contribution is 2.24. The highest BCUT2D eigenvalue weighted by Gasteiger charge is 2.47. The van der Waals surface area contributed by atoms with Gasteiger partial charge in [-0.05, 0) is 25.5 Å². The number of carbonyl (C=O) groups excluding carboxylic acids is 3. The van der Waals surface area contributed by atoms with E-state index >= 15 is 0 Å². The minimum absolute atomic E-state index is 0.0910. The normalized spacial score (nSPS) is 19.2. The van der Waals surface area contributed by atoms with Gasteiger partial charge in [0.05, 0.1) is 5.52 Å². The number of benzene rings is 1. The van der Waals surface area contributed by atoms with Gasteiger partial charge < -0.3 is 10.1 Å². The molecule has 0 bridgehead atoms. The van der Waals surface area contributed by atoms with E-state index in [1.807, 2.05) is 31.2 Å². The van der Waals surface area contributed by atoms with E-state index in [1.54, 1.807) is 13.0 Å². The van der Waals surface area contributed by atoms with Gasteiger partial charge in [-0.2, -0.15) is 0 Å². The number of amides is 3. The number of nitrogens with zero attached hydrogens (tertiary/aromatic N) is 2. The first-order valence-corrected chi connectivity index (χ1v) is 9.56. The fraction of sp³-hybridized carbons (Fsp3) is 0.400. The Kier molecular flexibility index (Phi) is 5.84. The summed E-state index contributed by atoms with van der Waals surface area (Å²) < 4.78 is 5.23. The maximum absolute atomic E-state index is 12.6. The molecule has 0 unspecified atom stereocenters. The Morgan fingerprint density at radius 1 is 1.32 bits per heavy atom. The molecule has 1 aromatic heterocycles. The van der Waals surface area contributed by atoms with E-state index in [0.29, 0.717) is 12.0 Å². The van der Waals surface area contributed by atoms with Crippen molar-refractivity contribution in [1.29, 1.82) is 0 Å². The number of imide groups is 1. The second kappa shape index (κ2) is 8.14. The zero-order valence-corrected chi connectivity index (χ0v) is 16.6. The number of para-hydroxylation sites is 1. The van der Waals surface area contributed by atoms with Crippen LogP contribution in [-0.2, 0) is 20.9 Å². The van der Waals surface area contributed by atoms with Gasteiger partial charge in [-0.3, -0.25) is 14.5 Å². The molecule has 2 heterocycles. The average molecular weight is 404 g/mol. The largest absolute Gasteiger partial charge is 0.459 e. The molecule has 3 rings (SSSR count). The number of hydrogen-bond donors (Lipinski definition) is 1. The molecule has 3 amide bonds. The van der Waals surface area contributed by atoms with E-state index in [-0.39, 0.29) is 11.8 Å². The predicted molar refractivity (Wildman–Crippen MR) is 105 cm³/mol. The molecule has 1 aromatic carbocycles. The van der Waals surface area contributed by atoms with Crippen molar-refractivity contribution in [2.45, 2.75) is 45.3 Å². The van der Waals surface area contributed by atoms with E-state index in [4.69, 9.17) is 16.3 Å². The summed E-state index contributed by atoms with van der Waals surface area (Å²) in [6.07, 6.45) is 2.23. The summed E-state index contributed by atoms with van der Waals surface area (Å²) in [5, 5.41) is 3.79. The molecule has 0 spiro atoms. The zero-order valence-electron chi connectivity index (χ0n) is 15.8. The molecule has 0 saturated carbocycles. The third-order valence-electron chi connectivity index (χ3n) is 4.80. The SMILES string of the molecule is CCCC[C@@]1(C)NC(=O)N(CC(=O)OCc2cc3ccccc3nc2Cl)C1=O. The number of carbonyl (C=O) groups is 3. The van der Waals surface area contributed by atoms with Crippen molar-refractivity contribution in [2.24, 2.45) is 0 Å². The van der Waals surface area contributed by atoms with Gasteiger partial charge in [0.15, 0.2) is 0 Å². The third-order valence-corrected chi connectivity index (χ3v) is 5.13. The number of ether oxygens (including phenoxy) is 1. The molecule has 28 heavy (non-hydrogen) atoms. The lowest BCUT2D eigenvalue weighted by molar-refractivity contribution is -0.148. The standard InChI is InChI=1S/C20H22ClN3O4/c1-3-4-9-20(2)18(26)24(19(27)23-20)11-16(25)28-12-14-10-13-7-5-6-8-15(13)22-17(14)21/h5-8,10H,3-4,9,11-12H2,1-2H3,(H,23,27)/t20-/m1/s1. The number of esters is 1. The summed E-state index contributed by atoms with van der Waals surface area (Å²) >= 11 is 6.16. The van der Waals surface area contributed by atoms with Gasteiger partial charge >= 0.3 is 12.0 Å². The van der Waals surface area contributed by atoms with Crippen LogP contribution in [-0.4, -0.2) is 39.9 Å². The van der Waals surface area contributed by atoms with E-state index in [1.165, 1.54) is 0 Å². The fourth-order valence-electron chi connectivity index (χ4n) is 3.16. The van der Waals surface area contributed by atoms with E-state index in [9.17, 15) is 14.4 Å². The van der Waals surface area contributed by atoms with Crippen molar-refractivity contribution < 1.29 is 19.1 Å². The summed E-state index contributed by atoms with van der Waals surface area (Å²) in [5.74, 6) is -1.10. The van der Waals surface area contributed by atoms with Crippen molar-refractivity contribution in [2.75, 3.05) is 6.54 Å². The van der Waals surface area contributed by atoms with Crippen LogP contribution < -0.4 is 5.32 Å². The van der Waals surface area contributed by atoms with Gasteiger partial charge in [-0.15, -0.1) is 0 Å². The number of unbranched alkanes of at least 4 members (excludes halogenated alkanes) is 1. The van der Waals surface area contributed by atoms with Gasteiger partial charge in [0.2, 0.25) is 0 Å². The minimum Gasteiger partial charge on any atom is -0.459 e. The molecule has 1 aliphatic rings. The second-order valence-corrected chi connectivity index (χ2v) is 7.41. The molecule has 1 atom stereocenters. The number of hydrogen-bond acceptors (Lipinski definition) is 5. The van der Waals surface area contributed by atoms with Crippen LogP contribution in [0.5, 0.6) is 0 Å². The van der Waals surface area contributed by atoms with Crippen molar-refractivity contribution in [1.82, 2.24) is 15.2 Å². The smallest absolute Gasteiger partial charge is 0.326 e. The summed E-state index contributed by atoms with van der Waals surface area (Å²) in [5.41, 5.74) is 0.325. The topological polar surface area (TPSA) is 88.6 Å². The first-order chi connectivity index (χ1) is 13.3. The van der Waals surface area contributed by atoms with E-state index in [0.717, 1.165) is 28.6 Å². The maximum Gasteiger partial charge on any atom is 0.326 e. The number of fused-ring (bicyclic) bond motifs is 1. The van der Waals surface area contributed by atoms with Crippen molar-refractivity contribution in [3.05, 3.63) is 41.0 Å². The van der Waals surface area contributed by atoms with Crippen molar-refractivity contribution in [3.8, 4) is 0 Å². The van der Waals surface area contributed by atoms with Crippen molar-refractivity contribution in [3.63, 3.8) is 0 Å². The van der Waals surface area contributed by atoms with Crippen LogP contribution in [0.2, 0.25) is 5.15 Å². The maximum atomic E-state index is 12.6. The van der Waals surface area contributed by atoms with Crippen LogP contribution in [0.15, 0.2) is 30.3 Å². The zero-order chi connectivity index (χ0) is 20.3. The van der Waals surface area contributed by atoms with Crippen LogP contribution in [0.4, 0.5) is 4.79 Å². The van der Waals surface area contributed by atoms with Crippen LogP contribution in [0.1, 0.15) is 38.7 Å². The quantitative estimate of drug-likeness (QED) is 0.434. The number of halogens is 1. The minimum atomic E-state index is -0.973. The second-order valence-electron chi connectivity index (χ2n) is 7.05. The molecule has 8 heteroatoms. The molecular weight excluding hydrogens is 382 g/mol. The van der Waals surface area contributed by atoms with Crippen molar-refractivity contribution >= 4 is 40.4 Å². The Bertz CT molecular complexity index is 933. The summed E-state index contributed by atoms with van der Waals surface area (Å²) in [6.45, 7) is 3.15. The van der Waals surface area contributed by atoms with Crippen LogP contribution in [0.3, 0.4) is 0 Å². The van der Waals surface area contributed by atoms with Gasteiger partial charge in [-0.1, -0.05) is 49.6 Å². The lowest BCUT2D eigenvalue weighted by Crippen LogP contribution is -2.44. The highest BCUT2D eigenvalue weighted by atomic mass is 35.5. The molecule has 0 radical (unpaired) electrons. The summed E-state index contributed by atoms with van der Waals surface area (Å²) in [4.78, 5) is 42.1. The average Bonchev–Trinajstić information content (AvgIpc) is 2.88. The van der Waals surface area contributed by atoms with E-state index < -0.39 is 30.0 Å². The van der Waals surface area contributed by atoms with Crippen LogP contribution in [0, 0.1) is 0 Å². The molecule has 148 valence electrons. The van der Waals surface area contributed by atoms with Gasteiger partial charge in [0, 0.05) is 10.9 Å². The fourth-order valence-corrected chi connectivity index (χ4v) is 3.36. The summed E-state index contributed by atoms with van der Waals surface area (Å²) in [6, 6.07) is 8.68. The van der Waals surface area contributed by atoms with Crippen LogP contribution >= 0.6 is 11.6 Å². The third kappa shape index (κ3) is 4.09. The number of rotatable bonds is 7.